The van der Waals surface area contributed by atoms with Gasteiger partial charge in [-0.1, -0.05) is 6.92 Å². The van der Waals surface area contributed by atoms with Crippen molar-refractivity contribution in [2.24, 2.45) is 5.92 Å². The minimum atomic E-state index is 0.772. The highest BCUT2D eigenvalue weighted by Crippen LogP contribution is 2.27. The van der Waals surface area contributed by atoms with E-state index in [-0.39, 0.29) is 0 Å². The molecule has 1 nitrogen and oxygen atoms in total. The molecular formula is C10H14BrNS. The third kappa shape index (κ3) is 2.55. The Bertz CT molecular complexity index is 278. The summed E-state index contributed by atoms with van der Waals surface area (Å²) in [5.74, 6) is 0.937. The van der Waals surface area contributed by atoms with Crippen molar-refractivity contribution in [1.29, 1.82) is 0 Å². The molecule has 1 aromatic heterocycles. The predicted octanol–water partition coefficient (Wildman–Crippen LogP) is 3.40. The van der Waals surface area contributed by atoms with E-state index in [0.717, 1.165) is 18.5 Å². The van der Waals surface area contributed by atoms with Gasteiger partial charge in [0.1, 0.15) is 0 Å². The molecule has 3 heteroatoms. The molecule has 13 heavy (non-hydrogen) atoms. The highest BCUT2D eigenvalue weighted by atomic mass is 79.9. The Kier molecular flexibility index (Phi) is 3.06. The van der Waals surface area contributed by atoms with Gasteiger partial charge in [0, 0.05) is 12.6 Å². The molecule has 2 rings (SSSR count). The summed E-state index contributed by atoms with van der Waals surface area (Å²) in [6.07, 6.45) is 2.70. The number of thiophene rings is 1. The highest BCUT2D eigenvalue weighted by molar-refractivity contribution is 9.11. The van der Waals surface area contributed by atoms with E-state index in [1.54, 1.807) is 11.3 Å². The van der Waals surface area contributed by atoms with Crippen LogP contribution in [0.2, 0.25) is 0 Å². The van der Waals surface area contributed by atoms with Crippen LogP contribution < -0.4 is 5.32 Å². The molecule has 0 aliphatic heterocycles. The van der Waals surface area contributed by atoms with Gasteiger partial charge < -0.3 is 5.32 Å². The fourth-order valence-corrected chi connectivity index (χ4v) is 2.98. The van der Waals surface area contributed by atoms with Gasteiger partial charge in [0.05, 0.1) is 3.79 Å². The van der Waals surface area contributed by atoms with Gasteiger partial charge in [-0.25, -0.2) is 0 Å². The Hall–Kier alpha value is 0.140. The Labute approximate surface area is 91.7 Å². The topological polar surface area (TPSA) is 12.0 Å². The van der Waals surface area contributed by atoms with E-state index in [1.807, 2.05) is 0 Å². The van der Waals surface area contributed by atoms with Crippen molar-refractivity contribution in [1.82, 2.24) is 5.32 Å². The van der Waals surface area contributed by atoms with Crippen LogP contribution in [0, 0.1) is 5.92 Å². The van der Waals surface area contributed by atoms with E-state index in [9.17, 15) is 0 Å². The van der Waals surface area contributed by atoms with Crippen LogP contribution in [0.25, 0.3) is 0 Å². The fraction of sp³-hybridized carbons (Fsp3) is 0.600. The second-order valence-corrected chi connectivity index (χ2v) is 6.20. The SMILES string of the molecule is CC1CC(NCc2csc(Br)c2)C1. The molecule has 0 radical (unpaired) electrons. The Morgan fingerprint density at radius 2 is 2.38 bits per heavy atom. The summed E-state index contributed by atoms with van der Waals surface area (Å²) in [5.41, 5.74) is 1.40. The maximum atomic E-state index is 3.56. The minimum Gasteiger partial charge on any atom is -0.310 e. The van der Waals surface area contributed by atoms with E-state index in [1.165, 1.54) is 22.2 Å². The molecule has 1 aromatic rings. The first-order chi connectivity index (χ1) is 6.24. The zero-order valence-electron chi connectivity index (χ0n) is 7.72. The van der Waals surface area contributed by atoms with Crippen molar-refractivity contribution in [2.45, 2.75) is 32.4 Å². The summed E-state index contributed by atoms with van der Waals surface area (Å²) in [7, 11) is 0. The van der Waals surface area contributed by atoms with Crippen molar-refractivity contribution >= 4 is 27.3 Å². The average Bonchev–Trinajstić information content (AvgIpc) is 2.43. The summed E-state index contributed by atoms with van der Waals surface area (Å²) < 4.78 is 1.23. The quantitative estimate of drug-likeness (QED) is 0.878. The zero-order valence-corrected chi connectivity index (χ0v) is 10.1. The molecule has 1 fully saturated rings. The maximum Gasteiger partial charge on any atom is 0.0701 e. The van der Waals surface area contributed by atoms with Gasteiger partial charge >= 0.3 is 0 Å². The molecule has 0 atom stereocenters. The molecule has 0 unspecified atom stereocenters. The molecule has 0 amide bonds. The van der Waals surface area contributed by atoms with E-state index in [2.05, 4.69) is 39.6 Å². The molecule has 0 saturated heterocycles. The van der Waals surface area contributed by atoms with Crippen LogP contribution in [-0.2, 0) is 6.54 Å². The predicted molar refractivity (Wildman–Crippen MR) is 61.0 cm³/mol. The number of nitrogens with one attached hydrogen (secondary N) is 1. The number of hydrogen-bond acceptors (Lipinski definition) is 2. The molecule has 1 saturated carbocycles. The van der Waals surface area contributed by atoms with Gasteiger partial charge in [-0.2, -0.15) is 0 Å². The third-order valence-corrected chi connectivity index (χ3v) is 4.14. The standard InChI is InChI=1S/C10H14BrNS/c1-7-2-9(3-7)12-5-8-4-10(11)13-6-8/h4,6-7,9,12H,2-3,5H2,1H3. The van der Waals surface area contributed by atoms with Crippen LogP contribution in [0.3, 0.4) is 0 Å². The average molecular weight is 260 g/mol. The molecular weight excluding hydrogens is 246 g/mol. The lowest BCUT2D eigenvalue weighted by atomic mass is 9.82. The Morgan fingerprint density at radius 3 is 2.92 bits per heavy atom. The van der Waals surface area contributed by atoms with Crippen molar-refractivity contribution in [3.8, 4) is 0 Å². The van der Waals surface area contributed by atoms with E-state index < -0.39 is 0 Å². The lowest BCUT2D eigenvalue weighted by molar-refractivity contribution is 0.240. The maximum absolute atomic E-state index is 3.56. The van der Waals surface area contributed by atoms with Crippen LogP contribution in [0.4, 0.5) is 0 Å². The smallest absolute Gasteiger partial charge is 0.0701 e. The minimum absolute atomic E-state index is 0.772. The van der Waals surface area contributed by atoms with Crippen molar-refractivity contribution in [2.75, 3.05) is 0 Å². The normalized spacial score (nSPS) is 27.2. The molecule has 72 valence electrons. The highest BCUT2D eigenvalue weighted by Gasteiger charge is 2.24. The third-order valence-electron chi connectivity index (χ3n) is 2.59. The largest absolute Gasteiger partial charge is 0.310 e. The van der Waals surface area contributed by atoms with E-state index >= 15 is 0 Å². The molecule has 1 heterocycles. The number of halogens is 1. The Balaban J connectivity index is 1.74. The fourth-order valence-electron chi connectivity index (χ4n) is 1.77. The van der Waals surface area contributed by atoms with Gasteiger partial charge in [-0.05, 0) is 51.7 Å². The van der Waals surface area contributed by atoms with Crippen molar-refractivity contribution in [3.05, 3.63) is 20.8 Å². The summed E-state index contributed by atoms with van der Waals surface area (Å²) in [5, 5.41) is 5.77. The van der Waals surface area contributed by atoms with Crippen LogP contribution in [0.1, 0.15) is 25.3 Å². The zero-order chi connectivity index (χ0) is 9.26. The number of rotatable bonds is 3. The summed E-state index contributed by atoms with van der Waals surface area (Å²) >= 11 is 5.23. The number of hydrogen-bond donors (Lipinski definition) is 1. The van der Waals surface area contributed by atoms with Gasteiger partial charge in [0.2, 0.25) is 0 Å². The molecule has 1 aliphatic rings. The van der Waals surface area contributed by atoms with E-state index in [4.69, 9.17) is 0 Å². The van der Waals surface area contributed by atoms with Crippen molar-refractivity contribution in [3.63, 3.8) is 0 Å². The molecule has 0 spiro atoms. The summed E-state index contributed by atoms with van der Waals surface area (Å²) in [6.45, 7) is 3.35. The van der Waals surface area contributed by atoms with Gasteiger partial charge in [-0.15, -0.1) is 11.3 Å². The first-order valence-corrected chi connectivity index (χ1v) is 6.37. The van der Waals surface area contributed by atoms with Gasteiger partial charge in [0.15, 0.2) is 0 Å². The first-order valence-electron chi connectivity index (χ1n) is 4.70. The molecule has 1 N–H and O–H groups in total. The van der Waals surface area contributed by atoms with Crippen LogP contribution >= 0.6 is 27.3 Å². The second kappa shape index (κ2) is 4.11. The summed E-state index contributed by atoms with van der Waals surface area (Å²) in [4.78, 5) is 0. The van der Waals surface area contributed by atoms with Crippen molar-refractivity contribution < 1.29 is 0 Å². The molecule has 0 bridgehead atoms. The Morgan fingerprint density at radius 1 is 1.62 bits per heavy atom. The van der Waals surface area contributed by atoms with Crippen LogP contribution in [0.15, 0.2) is 15.2 Å². The summed E-state index contributed by atoms with van der Waals surface area (Å²) in [6, 6.07) is 2.97. The van der Waals surface area contributed by atoms with Crippen LogP contribution in [0.5, 0.6) is 0 Å². The first kappa shape index (κ1) is 9.69. The molecule has 0 aromatic carbocycles. The second-order valence-electron chi connectivity index (χ2n) is 3.91. The van der Waals surface area contributed by atoms with Crippen LogP contribution in [-0.4, -0.2) is 6.04 Å². The lowest BCUT2D eigenvalue weighted by Crippen LogP contribution is -2.39. The molecule has 1 aliphatic carbocycles. The van der Waals surface area contributed by atoms with Gasteiger partial charge in [0.25, 0.3) is 0 Å². The lowest BCUT2D eigenvalue weighted by Gasteiger charge is -2.33. The van der Waals surface area contributed by atoms with E-state index in [0.29, 0.717) is 0 Å². The monoisotopic (exact) mass is 259 g/mol. The van der Waals surface area contributed by atoms with Gasteiger partial charge in [-0.3, -0.25) is 0 Å².